The zero-order valence-corrected chi connectivity index (χ0v) is 14.8. The summed E-state index contributed by atoms with van der Waals surface area (Å²) in [4.78, 5) is 12.8. The number of hydrogen-bond donors (Lipinski definition) is 2. The van der Waals surface area contributed by atoms with Crippen LogP contribution in [0.25, 0.3) is 0 Å². The Kier molecular flexibility index (Phi) is 5.65. The zero-order chi connectivity index (χ0) is 17.0. The number of aromatic nitrogens is 3. The van der Waals surface area contributed by atoms with E-state index in [-0.39, 0.29) is 11.9 Å². The predicted octanol–water partition coefficient (Wildman–Crippen LogP) is 3.18. The molecule has 1 heterocycles. The van der Waals surface area contributed by atoms with Gasteiger partial charge < -0.3 is 11.1 Å². The first-order valence-corrected chi connectivity index (χ1v) is 8.68. The number of aryl methyl sites for hydroxylation is 2. The van der Waals surface area contributed by atoms with Crippen LogP contribution in [0.15, 0.2) is 23.4 Å². The minimum absolute atomic E-state index is 0.102. The topological polar surface area (TPSA) is 85.8 Å². The van der Waals surface area contributed by atoms with E-state index < -0.39 is 6.04 Å². The Morgan fingerprint density at radius 1 is 1.30 bits per heavy atom. The van der Waals surface area contributed by atoms with Gasteiger partial charge in [0, 0.05) is 5.69 Å². The number of amides is 1. The van der Waals surface area contributed by atoms with Crippen molar-refractivity contribution in [3.8, 4) is 0 Å². The lowest BCUT2D eigenvalue weighted by molar-refractivity contribution is -0.119. The molecule has 124 valence electrons. The Bertz CT molecular complexity index is 678. The van der Waals surface area contributed by atoms with E-state index in [0.29, 0.717) is 11.6 Å². The molecule has 0 fully saturated rings. The van der Waals surface area contributed by atoms with Crippen LogP contribution in [0, 0.1) is 13.8 Å². The third-order valence-corrected chi connectivity index (χ3v) is 4.52. The second kappa shape index (κ2) is 7.50. The van der Waals surface area contributed by atoms with E-state index in [9.17, 15) is 4.79 Å². The fraction of sp³-hybridized carbons (Fsp3) is 0.438. The van der Waals surface area contributed by atoms with E-state index in [1.807, 2.05) is 45.9 Å². The van der Waals surface area contributed by atoms with Crippen molar-refractivity contribution in [2.45, 2.75) is 45.3 Å². The standard InChI is InChI=1S/C16H23N5OS/c1-5-12(21-15(17)19-20-16(21)23-6-2)14(22)18-13-10(3)8-7-9-11(13)4/h7-9,12H,5-6H2,1-4H3,(H2,17,19)(H,18,22). The van der Waals surface area contributed by atoms with Crippen molar-refractivity contribution in [3.05, 3.63) is 29.3 Å². The molecular formula is C16H23N5OS. The number of carbonyl (C=O) groups excluding carboxylic acids is 1. The van der Waals surface area contributed by atoms with Crippen LogP contribution in [0.4, 0.5) is 11.6 Å². The summed E-state index contributed by atoms with van der Waals surface area (Å²) in [6.07, 6.45) is 0.607. The van der Waals surface area contributed by atoms with E-state index >= 15 is 0 Å². The van der Waals surface area contributed by atoms with Crippen molar-refractivity contribution in [2.24, 2.45) is 0 Å². The highest BCUT2D eigenvalue weighted by atomic mass is 32.2. The summed E-state index contributed by atoms with van der Waals surface area (Å²) in [5, 5.41) is 11.7. The Morgan fingerprint density at radius 3 is 2.52 bits per heavy atom. The number of benzene rings is 1. The molecule has 0 aliphatic carbocycles. The van der Waals surface area contributed by atoms with Crippen LogP contribution in [-0.2, 0) is 4.79 Å². The van der Waals surface area contributed by atoms with Crippen LogP contribution < -0.4 is 11.1 Å². The number of nitrogens with zero attached hydrogens (tertiary/aromatic N) is 3. The van der Waals surface area contributed by atoms with Crippen LogP contribution in [0.2, 0.25) is 0 Å². The number of anilines is 2. The number of carbonyl (C=O) groups is 1. The molecule has 0 radical (unpaired) electrons. The first kappa shape index (κ1) is 17.3. The summed E-state index contributed by atoms with van der Waals surface area (Å²) >= 11 is 1.53. The van der Waals surface area contributed by atoms with Gasteiger partial charge in [0.05, 0.1) is 0 Å². The summed E-state index contributed by atoms with van der Waals surface area (Å²) in [6.45, 7) is 7.94. The molecule has 23 heavy (non-hydrogen) atoms. The molecule has 3 N–H and O–H groups in total. The Balaban J connectivity index is 2.31. The average molecular weight is 333 g/mol. The Hall–Kier alpha value is -2.02. The van der Waals surface area contributed by atoms with Crippen molar-refractivity contribution in [3.63, 3.8) is 0 Å². The van der Waals surface area contributed by atoms with Gasteiger partial charge in [-0.2, -0.15) is 0 Å². The molecule has 0 saturated heterocycles. The highest BCUT2D eigenvalue weighted by Crippen LogP contribution is 2.27. The number of nitrogen functional groups attached to an aromatic ring is 1. The molecule has 0 spiro atoms. The molecular weight excluding hydrogens is 310 g/mol. The number of rotatable bonds is 6. The molecule has 1 aromatic heterocycles. The van der Waals surface area contributed by atoms with Gasteiger partial charge >= 0.3 is 0 Å². The fourth-order valence-corrected chi connectivity index (χ4v) is 3.23. The van der Waals surface area contributed by atoms with Gasteiger partial charge in [0.25, 0.3) is 0 Å². The maximum Gasteiger partial charge on any atom is 0.247 e. The molecule has 6 nitrogen and oxygen atoms in total. The van der Waals surface area contributed by atoms with Gasteiger partial charge in [-0.15, -0.1) is 10.2 Å². The summed E-state index contributed by atoms with van der Waals surface area (Å²) < 4.78 is 1.72. The Labute approximate surface area is 140 Å². The van der Waals surface area contributed by atoms with Crippen LogP contribution in [-0.4, -0.2) is 26.4 Å². The van der Waals surface area contributed by atoms with E-state index in [1.165, 1.54) is 11.8 Å². The van der Waals surface area contributed by atoms with Crippen molar-refractivity contribution >= 4 is 29.3 Å². The molecule has 2 rings (SSSR count). The number of para-hydroxylation sites is 1. The van der Waals surface area contributed by atoms with Gasteiger partial charge in [-0.25, -0.2) is 0 Å². The van der Waals surface area contributed by atoms with Crippen LogP contribution in [0.5, 0.6) is 0 Å². The molecule has 0 aliphatic rings. The molecule has 1 amide bonds. The summed E-state index contributed by atoms with van der Waals surface area (Å²) in [6, 6.07) is 5.51. The van der Waals surface area contributed by atoms with Gasteiger partial charge in [-0.3, -0.25) is 9.36 Å². The number of nitrogens with two attached hydrogens (primary N) is 1. The smallest absolute Gasteiger partial charge is 0.247 e. The second-order valence-corrected chi connectivity index (χ2v) is 6.56. The second-order valence-electron chi connectivity index (χ2n) is 5.32. The van der Waals surface area contributed by atoms with Gasteiger partial charge in [-0.1, -0.05) is 43.8 Å². The van der Waals surface area contributed by atoms with Gasteiger partial charge in [0.15, 0.2) is 5.16 Å². The third-order valence-electron chi connectivity index (χ3n) is 3.69. The largest absolute Gasteiger partial charge is 0.368 e. The molecule has 7 heteroatoms. The fourth-order valence-electron chi connectivity index (χ4n) is 2.51. The van der Waals surface area contributed by atoms with Crippen molar-refractivity contribution in [1.82, 2.24) is 14.8 Å². The van der Waals surface area contributed by atoms with Gasteiger partial charge in [0.2, 0.25) is 11.9 Å². The number of nitrogens with one attached hydrogen (secondary N) is 1. The molecule has 1 aromatic carbocycles. The molecule has 2 aromatic rings. The van der Waals surface area contributed by atoms with Crippen LogP contribution in [0.3, 0.4) is 0 Å². The molecule has 1 unspecified atom stereocenters. The van der Waals surface area contributed by atoms with E-state index in [1.54, 1.807) is 4.57 Å². The quantitative estimate of drug-likeness (QED) is 0.793. The third kappa shape index (κ3) is 3.67. The number of thioether (sulfide) groups is 1. The molecule has 0 aliphatic heterocycles. The molecule has 0 saturated carbocycles. The predicted molar refractivity (Wildman–Crippen MR) is 94.7 cm³/mol. The SMILES string of the molecule is CCSc1nnc(N)n1C(CC)C(=O)Nc1c(C)cccc1C. The van der Waals surface area contributed by atoms with Crippen molar-refractivity contribution in [1.29, 1.82) is 0 Å². The first-order valence-electron chi connectivity index (χ1n) is 7.69. The van der Waals surface area contributed by atoms with Gasteiger partial charge in [-0.05, 0) is 37.1 Å². The summed E-state index contributed by atoms with van der Waals surface area (Å²) in [5.74, 6) is 1.01. The van der Waals surface area contributed by atoms with E-state index in [4.69, 9.17) is 5.73 Å². The lowest BCUT2D eigenvalue weighted by Gasteiger charge is -2.20. The van der Waals surface area contributed by atoms with E-state index in [0.717, 1.165) is 22.6 Å². The Morgan fingerprint density at radius 2 is 1.96 bits per heavy atom. The maximum atomic E-state index is 12.8. The van der Waals surface area contributed by atoms with Gasteiger partial charge in [0.1, 0.15) is 6.04 Å². The van der Waals surface area contributed by atoms with Crippen LogP contribution in [0.1, 0.15) is 37.4 Å². The summed E-state index contributed by atoms with van der Waals surface area (Å²) in [7, 11) is 0. The minimum Gasteiger partial charge on any atom is -0.368 e. The molecule has 0 bridgehead atoms. The van der Waals surface area contributed by atoms with Crippen LogP contribution >= 0.6 is 11.8 Å². The first-order chi connectivity index (χ1) is 11.0. The summed E-state index contributed by atoms with van der Waals surface area (Å²) in [5.41, 5.74) is 8.86. The normalized spacial score (nSPS) is 12.2. The maximum absolute atomic E-state index is 12.8. The highest BCUT2D eigenvalue weighted by Gasteiger charge is 2.25. The number of hydrogen-bond acceptors (Lipinski definition) is 5. The lowest BCUT2D eigenvalue weighted by Crippen LogP contribution is -2.27. The van der Waals surface area contributed by atoms with Crippen molar-refractivity contribution in [2.75, 3.05) is 16.8 Å². The highest BCUT2D eigenvalue weighted by molar-refractivity contribution is 7.99. The van der Waals surface area contributed by atoms with E-state index in [2.05, 4.69) is 15.5 Å². The zero-order valence-electron chi connectivity index (χ0n) is 14.0. The lowest BCUT2D eigenvalue weighted by atomic mass is 10.1. The molecule has 1 atom stereocenters. The minimum atomic E-state index is -0.432. The van der Waals surface area contributed by atoms with Crippen molar-refractivity contribution < 1.29 is 4.79 Å². The monoisotopic (exact) mass is 333 g/mol. The average Bonchev–Trinajstić information content (AvgIpc) is 2.86.